The normalized spacial score (nSPS) is 12.9. The van der Waals surface area contributed by atoms with Crippen LogP contribution in [0.1, 0.15) is 34.8 Å². The summed E-state index contributed by atoms with van der Waals surface area (Å²) in [5, 5.41) is 11.3. The summed E-state index contributed by atoms with van der Waals surface area (Å²) in [4.78, 5) is 23.6. The molecule has 1 amide bonds. The van der Waals surface area contributed by atoms with Gasteiger partial charge in [-0.1, -0.05) is 13.8 Å². The van der Waals surface area contributed by atoms with E-state index in [1.54, 1.807) is 19.9 Å². The van der Waals surface area contributed by atoms with Gasteiger partial charge in [0.05, 0.1) is 10.6 Å². The van der Waals surface area contributed by atoms with Crippen molar-refractivity contribution in [3.05, 3.63) is 21.9 Å². The average Bonchev–Trinajstić information content (AvgIpc) is 2.83. The van der Waals surface area contributed by atoms with Crippen molar-refractivity contribution in [2.75, 3.05) is 5.75 Å². The summed E-state index contributed by atoms with van der Waals surface area (Å²) < 4.78 is 23.0. The molecule has 0 aliphatic carbocycles. The minimum atomic E-state index is -3.14. The van der Waals surface area contributed by atoms with Gasteiger partial charge in [0.25, 0.3) is 5.91 Å². The van der Waals surface area contributed by atoms with Gasteiger partial charge in [0.15, 0.2) is 9.84 Å². The highest BCUT2D eigenvalue weighted by atomic mass is 32.2. The number of carboxylic acid groups (broad SMARTS) is 1. The second kappa shape index (κ2) is 6.85. The molecular formula is C12H17NO5S2. The van der Waals surface area contributed by atoms with Crippen LogP contribution in [-0.4, -0.2) is 37.2 Å². The fourth-order valence-electron chi connectivity index (χ4n) is 1.46. The van der Waals surface area contributed by atoms with E-state index in [1.165, 1.54) is 6.07 Å². The standard InChI is InChI=1S/C12H17NO5S2/c1-3-9(12(15)16)13-11(14)10-6-5-8(19-10)7-20(17,18)4-2/h5-6,9H,3-4,7H2,1-2H3,(H,13,14)(H,15,16). The lowest BCUT2D eigenvalue weighted by molar-refractivity contribution is -0.139. The topological polar surface area (TPSA) is 101 Å². The van der Waals surface area contributed by atoms with Crippen molar-refractivity contribution in [3.63, 3.8) is 0 Å². The first-order valence-corrected chi connectivity index (χ1v) is 8.75. The Bertz CT molecular complexity index is 591. The van der Waals surface area contributed by atoms with Gasteiger partial charge in [-0.3, -0.25) is 4.79 Å². The van der Waals surface area contributed by atoms with Gasteiger partial charge >= 0.3 is 5.97 Å². The van der Waals surface area contributed by atoms with Crippen LogP contribution >= 0.6 is 11.3 Å². The molecule has 1 atom stereocenters. The molecule has 8 heteroatoms. The van der Waals surface area contributed by atoms with Crippen molar-refractivity contribution in [1.82, 2.24) is 5.32 Å². The summed E-state index contributed by atoms with van der Waals surface area (Å²) in [6, 6.07) is 2.15. The molecule has 0 fully saturated rings. The van der Waals surface area contributed by atoms with E-state index in [0.29, 0.717) is 9.75 Å². The molecule has 0 spiro atoms. The summed E-state index contributed by atoms with van der Waals surface area (Å²) in [5.41, 5.74) is 0. The lowest BCUT2D eigenvalue weighted by Crippen LogP contribution is -2.39. The van der Waals surface area contributed by atoms with Gasteiger partial charge in [-0.15, -0.1) is 11.3 Å². The van der Waals surface area contributed by atoms with Crippen molar-refractivity contribution in [1.29, 1.82) is 0 Å². The Morgan fingerprint density at radius 1 is 1.35 bits per heavy atom. The summed E-state index contributed by atoms with van der Waals surface area (Å²) in [5.74, 6) is -1.64. The Kier molecular flexibility index (Phi) is 5.70. The van der Waals surface area contributed by atoms with E-state index in [0.717, 1.165) is 11.3 Å². The zero-order valence-corrected chi connectivity index (χ0v) is 12.9. The number of carbonyl (C=O) groups excluding carboxylic acids is 1. The lowest BCUT2D eigenvalue weighted by atomic mass is 10.2. The fraction of sp³-hybridized carbons (Fsp3) is 0.500. The number of aliphatic carboxylic acids is 1. The molecule has 6 nitrogen and oxygen atoms in total. The van der Waals surface area contributed by atoms with Crippen LogP contribution in [0.25, 0.3) is 0 Å². The van der Waals surface area contributed by atoms with E-state index in [9.17, 15) is 18.0 Å². The molecule has 1 rings (SSSR count). The molecular weight excluding hydrogens is 302 g/mol. The second-order valence-corrected chi connectivity index (χ2v) is 7.74. The third-order valence-electron chi connectivity index (χ3n) is 2.70. The van der Waals surface area contributed by atoms with Gasteiger partial charge in [0.1, 0.15) is 6.04 Å². The molecule has 0 bridgehead atoms. The maximum absolute atomic E-state index is 11.9. The van der Waals surface area contributed by atoms with E-state index >= 15 is 0 Å². The number of carbonyl (C=O) groups is 2. The number of amides is 1. The molecule has 0 aliphatic rings. The van der Waals surface area contributed by atoms with Crippen molar-refractivity contribution in [2.24, 2.45) is 0 Å². The number of thiophene rings is 1. The van der Waals surface area contributed by atoms with Crippen LogP contribution < -0.4 is 5.32 Å². The van der Waals surface area contributed by atoms with Gasteiger partial charge in [-0.25, -0.2) is 13.2 Å². The smallest absolute Gasteiger partial charge is 0.326 e. The Morgan fingerprint density at radius 2 is 2.00 bits per heavy atom. The molecule has 0 aromatic carbocycles. The fourth-order valence-corrected chi connectivity index (χ4v) is 3.68. The largest absolute Gasteiger partial charge is 0.480 e. The first kappa shape index (κ1) is 16.6. The summed E-state index contributed by atoms with van der Waals surface area (Å²) in [7, 11) is -3.14. The summed E-state index contributed by atoms with van der Waals surface area (Å²) in [6.45, 7) is 3.22. The average molecular weight is 319 g/mol. The van der Waals surface area contributed by atoms with E-state index in [4.69, 9.17) is 5.11 Å². The molecule has 0 saturated heterocycles. The van der Waals surface area contributed by atoms with Crippen molar-refractivity contribution in [3.8, 4) is 0 Å². The molecule has 2 N–H and O–H groups in total. The van der Waals surface area contributed by atoms with Crippen LogP contribution in [0.3, 0.4) is 0 Å². The molecule has 20 heavy (non-hydrogen) atoms. The molecule has 1 heterocycles. The Labute approximate surface area is 121 Å². The van der Waals surface area contributed by atoms with Crippen molar-refractivity contribution < 1.29 is 23.1 Å². The number of nitrogens with one attached hydrogen (secondary N) is 1. The van der Waals surface area contributed by atoms with Gasteiger partial charge in [0.2, 0.25) is 0 Å². The van der Waals surface area contributed by atoms with Crippen LogP contribution in [0.2, 0.25) is 0 Å². The predicted octanol–water partition coefficient (Wildman–Crippen LogP) is 1.28. The number of carboxylic acids is 1. The van der Waals surface area contributed by atoms with Gasteiger partial charge in [-0.2, -0.15) is 0 Å². The molecule has 0 saturated carbocycles. The van der Waals surface area contributed by atoms with Crippen LogP contribution in [0, 0.1) is 0 Å². The monoisotopic (exact) mass is 319 g/mol. The number of rotatable bonds is 7. The van der Waals surface area contributed by atoms with Crippen molar-refractivity contribution in [2.45, 2.75) is 32.1 Å². The Hall–Kier alpha value is -1.41. The molecule has 0 aliphatic heterocycles. The SMILES string of the molecule is CCC(NC(=O)c1ccc(CS(=O)(=O)CC)s1)C(=O)O. The Morgan fingerprint density at radius 3 is 2.50 bits per heavy atom. The van der Waals surface area contributed by atoms with E-state index in [2.05, 4.69) is 5.32 Å². The van der Waals surface area contributed by atoms with Crippen molar-refractivity contribution >= 4 is 33.1 Å². The minimum Gasteiger partial charge on any atom is -0.480 e. The van der Waals surface area contributed by atoms with Crippen LogP contribution in [-0.2, 0) is 20.4 Å². The second-order valence-electron chi connectivity index (χ2n) is 4.22. The summed E-state index contributed by atoms with van der Waals surface area (Å²) >= 11 is 1.06. The highest BCUT2D eigenvalue weighted by molar-refractivity contribution is 7.90. The quantitative estimate of drug-likeness (QED) is 0.788. The van der Waals surface area contributed by atoms with E-state index in [1.807, 2.05) is 0 Å². The third-order valence-corrected chi connectivity index (χ3v) is 5.60. The first-order chi connectivity index (χ1) is 9.29. The Balaban J connectivity index is 2.77. The van der Waals surface area contributed by atoms with Crippen LogP contribution in [0.4, 0.5) is 0 Å². The minimum absolute atomic E-state index is 0.0450. The van der Waals surface area contributed by atoms with Crippen LogP contribution in [0.15, 0.2) is 12.1 Å². The molecule has 1 unspecified atom stereocenters. The molecule has 112 valence electrons. The number of hydrogen-bond acceptors (Lipinski definition) is 5. The van der Waals surface area contributed by atoms with Gasteiger partial charge in [0, 0.05) is 10.6 Å². The zero-order valence-electron chi connectivity index (χ0n) is 11.3. The molecule has 1 aromatic rings. The van der Waals surface area contributed by atoms with Gasteiger partial charge < -0.3 is 10.4 Å². The van der Waals surface area contributed by atoms with Crippen LogP contribution in [0.5, 0.6) is 0 Å². The third kappa shape index (κ3) is 4.61. The lowest BCUT2D eigenvalue weighted by Gasteiger charge is -2.10. The van der Waals surface area contributed by atoms with E-state index in [-0.39, 0.29) is 17.9 Å². The maximum Gasteiger partial charge on any atom is 0.326 e. The number of hydrogen-bond donors (Lipinski definition) is 2. The molecule has 1 aromatic heterocycles. The maximum atomic E-state index is 11.9. The predicted molar refractivity (Wildman–Crippen MR) is 76.7 cm³/mol. The highest BCUT2D eigenvalue weighted by Crippen LogP contribution is 2.19. The summed E-state index contributed by atoms with van der Waals surface area (Å²) in [6.07, 6.45) is 0.281. The van der Waals surface area contributed by atoms with Gasteiger partial charge in [-0.05, 0) is 18.6 Å². The molecule has 0 radical (unpaired) electrons. The highest BCUT2D eigenvalue weighted by Gasteiger charge is 2.20. The number of sulfone groups is 1. The van der Waals surface area contributed by atoms with E-state index < -0.39 is 27.8 Å². The zero-order chi connectivity index (χ0) is 15.3. The first-order valence-electron chi connectivity index (χ1n) is 6.11.